The van der Waals surface area contributed by atoms with Crippen LogP contribution in [0, 0.1) is 5.82 Å². The summed E-state index contributed by atoms with van der Waals surface area (Å²) in [4.78, 5) is 4.43. The summed E-state index contributed by atoms with van der Waals surface area (Å²) in [6.45, 7) is 0. The van der Waals surface area contributed by atoms with Gasteiger partial charge in [0.1, 0.15) is 5.82 Å². The monoisotopic (exact) mass is 365 g/mol. The fourth-order valence-corrected chi connectivity index (χ4v) is 2.90. The molecule has 0 amide bonds. The van der Waals surface area contributed by atoms with Crippen LogP contribution in [0.15, 0.2) is 59.1 Å². The van der Waals surface area contributed by atoms with Crippen molar-refractivity contribution in [2.45, 2.75) is 6.42 Å². The van der Waals surface area contributed by atoms with Crippen LogP contribution < -0.4 is 0 Å². The number of benzene rings is 2. The summed E-state index contributed by atoms with van der Waals surface area (Å²) >= 11 is 6.00. The third kappa shape index (κ3) is 3.48. The van der Waals surface area contributed by atoms with Crippen molar-refractivity contribution in [1.82, 2.24) is 15.2 Å². The van der Waals surface area contributed by atoms with E-state index in [4.69, 9.17) is 16.0 Å². The molecule has 0 atom stereocenters. The van der Waals surface area contributed by atoms with E-state index in [1.807, 2.05) is 30.3 Å². The van der Waals surface area contributed by atoms with Gasteiger partial charge < -0.3 is 4.42 Å². The van der Waals surface area contributed by atoms with Crippen molar-refractivity contribution in [2.75, 3.05) is 0 Å². The molecular formula is C20H13ClFN3O. The molecule has 0 unspecified atom stereocenters. The molecule has 0 fully saturated rings. The van der Waals surface area contributed by atoms with E-state index in [0.29, 0.717) is 28.8 Å². The normalized spacial score (nSPS) is 11.5. The van der Waals surface area contributed by atoms with Gasteiger partial charge in [-0.25, -0.2) is 4.39 Å². The van der Waals surface area contributed by atoms with Gasteiger partial charge in [0.2, 0.25) is 11.8 Å². The largest absolute Gasteiger partial charge is 0.421 e. The maximum atomic E-state index is 13.1. The van der Waals surface area contributed by atoms with Gasteiger partial charge in [-0.05, 0) is 35.2 Å². The van der Waals surface area contributed by atoms with Crippen molar-refractivity contribution < 1.29 is 8.81 Å². The molecule has 4 nitrogen and oxygen atoms in total. The second-order valence-electron chi connectivity index (χ2n) is 5.69. The smallest absolute Gasteiger partial charge is 0.240 e. The minimum absolute atomic E-state index is 0.320. The predicted octanol–water partition coefficient (Wildman–Crippen LogP) is 5.17. The zero-order valence-electron chi connectivity index (χ0n) is 13.6. The van der Waals surface area contributed by atoms with E-state index in [-0.39, 0.29) is 5.82 Å². The number of rotatable bonds is 4. The molecule has 2 aromatic carbocycles. The number of nitrogens with zero attached hydrogens (tertiary/aromatic N) is 3. The molecule has 0 aliphatic carbocycles. The van der Waals surface area contributed by atoms with E-state index in [1.54, 1.807) is 24.4 Å². The highest BCUT2D eigenvalue weighted by atomic mass is 35.5. The Kier molecular flexibility index (Phi) is 4.46. The van der Waals surface area contributed by atoms with Gasteiger partial charge in [-0.15, -0.1) is 10.2 Å². The van der Waals surface area contributed by atoms with Gasteiger partial charge in [-0.3, -0.25) is 4.98 Å². The number of hydrogen-bond acceptors (Lipinski definition) is 4. The van der Waals surface area contributed by atoms with Crippen molar-refractivity contribution in [3.8, 4) is 0 Å². The van der Waals surface area contributed by atoms with Crippen molar-refractivity contribution in [2.24, 2.45) is 0 Å². The van der Waals surface area contributed by atoms with Gasteiger partial charge in [-0.1, -0.05) is 41.9 Å². The Balaban J connectivity index is 1.55. The summed E-state index contributed by atoms with van der Waals surface area (Å²) < 4.78 is 18.7. The minimum Gasteiger partial charge on any atom is -0.421 e. The second-order valence-corrected chi connectivity index (χ2v) is 6.10. The zero-order chi connectivity index (χ0) is 17.9. The summed E-state index contributed by atoms with van der Waals surface area (Å²) in [5, 5.41) is 10.6. The molecule has 6 heteroatoms. The lowest BCUT2D eigenvalue weighted by Crippen LogP contribution is -1.93. The van der Waals surface area contributed by atoms with Gasteiger partial charge in [0.25, 0.3) is 0 Å². The Bertz CT molecular complexity index is 1100. The van der Waals surface area contributed by atoms with E-state index in [9.17, 15) is 4.39 Å². The van der Waals surface area contributed by atoms with Crippen LogP contribution in [-0.2, 0) is 6.42 Å². The van der Waals surface area contributed by atoms with Crippen LogP contribution >= 0.6 is 11.6 Å². The number of fused-ring (bicyclic) bond motifs is 1. The van der Waals surface area contributed by atoms with Crippen molar-refractivity contribution in [1.29, 1.82) is 0 Å². The number of halogens is 2. The highest BCUT2D eigenvalue weighted by Gasteiger charge is 2.09. The first kappa shape index (κ1) is 16.4. The number of aromatic nitrogens is 3. The molecule has 2 aromatic heterocycles. The molecule has 128 valence electrons. The lowest BCUT2D eigenvalue weighted by Gasteiger charge is -2.02. The van der Waals surface area contributed by atoms with Crippen LogP contribution in [0.1, 0.15) is 23.0 Å². The van der Waals surface area contributed by atoms with Crippen LogP contribution in [0.4, 0.5) is 4.39 Å². The summed E-state index contributed by atoms with van der Waals surface area (Å²) in [5.41, 5.74) is 1.55. The third-order valence-corrected chi connectivity index (χ3v) is 4.25. The molecule has 0 bridgehead atoms. The van der Waals surface area contributed by atoms with E-state index >= 15 is 0 Å². The number of hydrogen-bond donors (Lipinski definition) is 0. The van der Waals surface area contributed by atoms with Crippen LogP contribution in [-0.4, -0.2) is 15.2 Å². The Morgan fingerprint density at radius 3 is 2.81 bits per heavy atom. The van der Waals surface area contributed by atoms with Gasteiger partial charge in [0.05, 0.1) is 17.1 Å². The maximum Gasteiger partial charge on any atom is 0.240 e. The minimum atomic E-state index is -0.380. The lowest BCUT2D eigenvalue weighted by atomic mass is 10.1. The third-order valence-electron chi connectivity index (χ3n) is 3.93. The van der Waals surface area contributed by atoms with E-state index in [2.05, 4.69) is 15.2 Å². The van der Waals surface area contributed by atoms with Crippen LogP contribution in [0.3, 0.4) is 0 Å². The fraction of sp³-hybridized carbons (Fsp3) is 0.0500. The van der Waals surface area contributed by atoms with Gasteiger partial charge >= 0.3 is 0 Å². The summed E-state index contributed by atoms with van der Waals surface area (Å²) in [6.07, 6.45) is 5.56. The average Bonchev–Trinajstić information content (AvgIpc) is 3.09. The molecule has 2 heterocycles. The Labute approximate surface area is 154 Å². The highest BCUT2D eigenvalue weighted by Crippen LogP contribution is 2.21. The standard InChI is InChI=1S/C20H13ClFN3O/c21-17-11-15(22)7-5-14(17)6-8-19-24-25-20(26-19)12-18-16-4-2-1-3-13(16)9-10-23-18/h1-11H,12H2/b8-6+. The number of pyridine rings is 1. The molecule has 0 saturated heterocycles. The van der Waals surface area contributed by atoms with Crippen LogP contribution in [0.5, 0.6) is 0 Å². The van der Waals surface area contributed by atoms with E-state index in [0.717, 1.165) is 16.5 Å². The summed E-state index contributed by atoms with van der Waals surface area (Å²) in [6, 6.07) is 14.2. The second kappa shape index (κ2) is 7.06. The van der Waals surface area contributed by atoms with E-state index in [1.165, 1.54) is 12.1 Å². The molecular weight excluding hydrogens is 353 g/mol. The topological polar surface area (TPSA) is 51.8 Å². The Morgan fingerprint density at radius 2 is 1.92 bits per heavy atom. The summed E-state index contributed by atoms with van der Waals surface area (Å²) in [7, 11) is 0. The molecule has 0 aliphatic rings. The molecule has 0 spiro atoms. The molecule has 0 aliphatic heterocycles. The van der Waals surface area contributed by atoms with Crippen molar-refractivity contribution >= 4 is 34.5 Å². The summed E-state index contributed by atoms with van der Waals surface area (Å²) in [5.74, 6) is 0.439. The molecule has 0 radical (unpaired) electrons. The van der Waals surface area contributed by atoms with Crippen molar-refractivity contribution in [3.63, 3.8) is 0 Å². The Hall–Kier alpha value is -3.05. The molecule has 0 saturated carbocycles. The quantitative estimate of drug-likeness (QED) is 0.500. The average molecular weight is 366 g/mol. The lowest BCUT2D eigenvalue weighted by molar-refractivity contribution is 0.495. The molecule has 4 rings (SSSR count). The van der Waals surface area contributed by atoms with Crippen LogP contribution in [0.2, 0.25) is 5.02 Å². The SMILES string of the molecule is Fc1ccc(/C=C/c2nnc(Cc3nccc4ccccc34)o2)c(Cl)c1. The predicted molar refractivity (Wildman–Crippen MR) is 99.2 cm³/mol. The Morgan fingerprint density at radius 1 is 1.04 bits per heavy atom. The first-order valence-electron chi connectivity index (χ1n) is 7.97. The highest BCUT2D eigenvalue weighted by molar-refractivity contribution is 6.32. The maximum absolute atomic E-state index is 13.1. The molecule has 26 heavy (non-hydrogen) atoms. The first-order valence-corrected chi connectivity index (χ1v) is 8.35. The van der Waals surface area contributed by atoms with Gasteiger partial charge in [0.15, 0.2) is 0 Å². The van der Waals surface area contributed by atoms with Gasteiger partial charge in [-0.2, -0.15) is 0 Å². The van der Waals surface area contributed by atoms with E-state index < -0.39 is 0 Å². The van der Waals surface area contributed by atoms with Crippen molar-refractivity contribution in [3.05, 3.63) is 88.6 Å². The first-order chi connectivity index (χ1) is 12.7. The van der Waals surface area contributed by atoms with Gasteiger partial charge in [0, 0.05) is 17.7 Å². The van der Waals surface area contributed by atoms with Crippen LogP contribution in [0.25, 0.3) is 22.9 Å². The fourth-order valence-electron chi connectivity index (χ4n) is 2.67. The molecule has 0 N–H and O–H groups in total. The molecule has 4 aromatic rings. The zero-order valence-corrected chi connectivity index (χ0v) is 14.3.